The first-order valence-electron chi connectivity index (χ1n) is 18.0. The molecule has 0 unspecified atom stereocenters. The molecule has 0 aliphatic carbocycles. The molecule has 0 amide bonds. The zero-order chi connectivity index (χ0) is 39.0. The van der Waals surface area contributed by atoms with Crippen LogP contribution in [0.15, 0.2) is 68.6 Å². The largest absolute Gasteiger partial charge is 0.502 e. The Morgan fingerprint density at radius 1 is 0.836 bits per heavy atom. The molecule has 2 aliphatic heterocycles. The van der Waals surface area contributed by atoms with Crippen molar-refractivity contribution in [1.29, 1.82) is 0 Å². The molecule has 55 heavy (non-hydrogen) atoms. The highest BCUT2D eigenvalue weighted by Gasteiger charge is 2.35. The normalized spacial score (nSPS) is 15.6. The van der Waals surface area contributed by atoms with Crippen LogP contribution < -0.4 is 34.7 Å². The van der Waals surface area contributed by atoms with Crippen LogP contribution in [-0.2, 0) is 35.5 Å². The Labute approximate surface area is 317 Å². The lowest BCUT2D eigenvalue weighted by Crippen LogP contribution is -2.36. The van der Waals surface area contributed by atoms with Gasteiger partial charge in [0.2, 0.25) is 16.9 Å². The van der Waals surface area contributed by atoms with Gasteiger partial charge in [-0.2, -0.15) is 0 Å². The van der Waals surface area contributed by atoms with Crippen LogP contribution in [-0.4, -0.2) is 69.7 Å². The van der Waals surface area contributed by atoms with Gasteiger partial charge in [0.05, 0.1) is 73.1 Å². The van der Waals surface area contributed by atoms with Gasteiger partial charge in [0, 0.05) is 24.7 Å². The van der Waals surface area contributed by atoms with Crippen molar-refractivity contribution in [3.05, 3.63) is 115 Å². The SMILES string of the molecule is COC(=O)C[C@H](c1oc(CN2CCc3cc(OC)c(OC)cc3[C@H]2c2cc(OC)c(OC)c(OC)c2)cc(=O)c1O)c1cc2cccc3c2n(c1=O)CCC3. The fraction of sp³-hybridized carbons (Fsp3) is 0.357. The molecule has 0 saturated heterocycles. The second-order valence-corrected chi connectivity index (χ2v) is 13.6. The minimum atomic E-state index is -1.11. The van der Waals surface area contributed by atoms with E-state index in [9.17, 15) is 19.5 Å². The van der Waals surface area contributed by atoms with E-state index in [0.717, 1.165) is 46.0 Å². The maximum Gasteiger partial charge on any atom is 0.306 e. The molecule has 2 aliphatic rings. The number of carbonyl (C=O) groups excluding carboxylic acids is 1. The third-order valence-corrected chi connectivity index (χ3v) is 10.7. The molecular formula is C42H44N2O11. The molecular weight excluding hydrogens is 708 g/mol. The maximum absolute atomic E-state index is 14.2. The van der Waals surface area contributed by atoms with Crippen molar-refractivity contribution in [2.45, 2.75) is 50.7 Å². The van der Waals surface area contributed by atoms with Crippen molar-refractivity contribution in [2.75, 3.05) is 49.2 Å². The van der Waals surface area contributed by atoms with Crippen LogP contribution in [0.4, 0.5) is 0 Å². The fourth-order valence-electron chi connectivity index (χ4n) is 8.12. The number of para-hydroxylation sites is 1. The summed E-state index contributed by atoms with van der Waals surface area (Å²) in [5.74, 6) is 0.103. The molecule has 13 nitrogen and oxygen atoms in total. The van der Waals surface area contributed by atoms with Gasteiger partial charge in [0.25, 0.3) is 5.56 Å². The van der Waals surface area contributed by atoms with Gasteiger partial charge in [0.15, 0.2) is 28.8 Å². The third-order valence-electron chi connectivity index (χ3n) is 10.7. The second kappa shape index (κ2) is 15.4. The highest BCUT2D eigenvalue weighted by Crippen LogP contribution is 2.46. The van der Waals surface area contributed by atoms with Gasteiger partial charge in [-0.15, -0.1) is 0 Å². The van der Waals surface area contributed by atoms with Crippen LogP contribution in [0.2, 0.25) is 0 Å². The summed E-state index contributed by atoms with van der Waals surface area (Å²) in [6, 6.07) is 16.0. The van der Waals surface area contributed by atoms with E-state index in [1.807, 2.05) is 42.5 Å². The molecule has 13 heteroatoms. The van der Waals surface area contributed by atoms with E-state index in [1.165, 1.54) is 20.3 Å². The first-order valence-corrected chi connectivity index (χ1v) is 18.0. The van der Waals surface area contributed by atoms with Crippen LogP contribution >= 0.6 is 0 Å². The Bertz CT molecular complexity index is 2370. The summed E-state index contributed by atoms with van der Waals surface area (Å²) in [6.07, 6.45) is 1.90. The van der Waals surface area contributed by atoms with E-state index < -0.39 is 29.1 Å². The molecule has 1 N–H and O–H groups in total. The number of aryl methyl sites for hydroxylation is 2. The predicted octanol–water partition coefficient (Wildman–Crippen LogP) is 5.49. The Balaban J connectivity index is 1.37. The molecule has 0 saturated carbocycles. The van der Waals surface area contributed by atoms with Crippen molar-refractivity contribution >= 4 is 16.9 Å². The summed E-state index contributed by atoms with van der Waals surface area (Å²) >= 11 is 0. The Morgan fingerprint density at radius 3 is 2.22 bits per heavy atom. The summed E-state index contributed by atoms with van der Waals surface area (Å²) < 4.78 is 41.6. The van der Waals surface area contributed by atoms with E-state index in [0.29, 0.717) is 48.3 Å². The average Bonchev–Trinajstić information content (AvgIpc) is 3.21. The number of rotatable bonds is 12. The van der Waals surface area contributed by atoms with Crippen molar-refractivity contribution in [2.24, 2.45) is 0 Å². The van der Waals surface area contributed by atoms with Gasteiger partial charge < -0.3 is 42.5 Å². The van der Waals surface area contributed by atoms with Crippen molar-refractivity contribution in [3.8, 4) is 34.5 Å². The number of pyridine rings is 1. The molecule has 5 aromatic rings. The number of carbonyl (C=O) groups is 1. The summed E-state index contributed by atoms with van der Waals surface area (Å²) in [5.41, 5.74) is 3.85. The number of benzene rings is 3. The maximum atomic E-state index is 14.2. The highest BCUT2D eigenvalue weighted by molar-refractivity contribution is 5.84. The zero-order valence-electron chi connectivity index (χ0n) is 31.7. The van der Waals surface area contributed by atoms with Crippen LogP contribution in [0.1, 0.15) is 64.1 Å². The first kappa shape index (κ1) is 37.4. The molecule has 0 spiro atoms. The van der Waals surface area contributed by atoms with Crippen molar-refractivity contribution in [3.63, 3.8) is 0 Å². The Hall–Kier alpha value is -5.95. The zero-order valence-corrected chi connectivity index (χ0v) is 31.7. The number of fused-ring (bicyclic) bond motifs is 1. The predicted molar refractivity (Wildman–Crippen MR) is 203 cm³/mol. The van der Waals surface area contributed by atoms with Gasteiger partial charge >= 0.3 is 5.97 Å². The number of aromatic nitrogens is 1. The van der Waals surface area contributed by atoms with E-state index in [1.54, 1.807) is 39.1 Å². The van der Waals surface area contributed by atoms with Crippen LogP contribution in [0, 0.1) is 0 Å². The van der Waals surface area contributed by atoms with Gasteiger partial charge in [0.1, 0.15) is 5.76 Å². The number of nitrogens with zero attached hydrogens (tertiary/aromatic N) is 2. The highest BCUT2D eigenvalue weighted by atomic mass is 16.5. The number of methoxy groups -OCH3 is 6. The van der Waals surface area contributed by atoms with Crippen LogP contribution in [0.25, 0.3) is 10.9 Å². The quantitative estimate of drug-likeness (QED) is 0.161. The molecule has 4 heterocycles. The monoisotopic (exact) mass is 752 g/mol. The number of hydrogen-bond acceptors (Lipinski definition) is 12. The summed E-state index contributed by atoms with van der Waals surface area (Å²) in [4.78, 5) is 42.9. The van der Waals surface area contributed by atoms with E-state index in [2.05, 4.69) is 4.90 Å². The summed E-state index contributed by atoms with van der Waals surface area (Å²) in [5, 5.41) is 12.1. The van der Waals surface area contributed by atoms with E-state index in [4.69, 9.17) is 32.8 Å². The number of ether oxygens (including phenoxy) is 6. The van der Waals surface area contributed by atoms with Gasteiger partial charge in [-0.3, -0.25) is 19.3 Å². The van der Waals surface area contributed by atoms with Crippen LogP contribution in [0.3, 0.4) is 0 Å². The average molecular weight is 753 g/mol. The smallest absolute Gasteiger partial charge is 0.306 e. The van der Waals surface area contributed by atoms with E-state index >= 15 is 0 Å². The topological polar surface area (TPSA) is 148 Å². The lowest BCUT2D eigenvalue weighted by Gasteiger charge is -2.38. The van der Waals surface area contributed by atoms with Crippen molar-refractivity contribution < 1.29 is 42.7 Å². The summed E-state index contributed by atoms with van der Waals surface area (Å²) in [6.45, 7) is 1.12. The first-order chi connectivity index (χ1) is 26.6. The molecule has 2 aromatic heterocycles. The Morgan fingerprint density at radius 2 is 1.55 bits per heavy atom. The third kappa shape index (κ3) is 6.73. The van der Waals surface area contributed by atoms with Gasteiger partial charge in [-0.25, -0.2) is 0 Å². The van der Waals surface area contributed by atoms with Crippen LogP contribution in [0.5, 0.6) is 34.5 Å². The molecule has 0 radical (unpaired) electrons. The minimum Gasteiger partial charge on any atom is -0.502 e. The lowest BCUT2D eigenvalue weighted by molar-refractivity contribution is -0.141. The molecule has 0 bridgehead atoms. The summed E-state index contributed by atoms with van der Waals surface area (Å²) in [7, 11) is 9.05. The lowest BCUT2D eigenvalue weighted by atomic mass is 9.87. The number of esters is 1. The molecule has 2 atom stereocenters. The standard InChI is InChI=1S/C42H44N2O11/c1-49-32-16-24-12-14-43(38(28(24)20-33(32)50-2)26-17-34(51-3)41(54-6)35(18-26)52-4)22-27-19-31(45)39(47)40(55-27)29(21-36(46)53-5)30-15-25-10-7-9-23-11-8-13-44(37(23)25)42(30)48/h7,9-10,15-20,29,38,47H,8,11-14,21-22H2,1-6H3/t29-,38+/m0/s1. The number of aromatic hydroxyl groups is 1. The van der Waals surface area contributed by atoms with E-state index in [-0.39, 0.29) is 35.6 Å². The van der Waals surface area contributed by atoms with Gasteiger partial charge in [-0.1, -0.05) is 18.2 Å². The molecule has 0 fully saturated rings. The minimum absolute atomic E-state index is 0.105. The Kier molecular flexibility index (Phi) is 10.5. The van der Waals surface area contributed by atoms with Gasteiger partial charge in [-0.05, 0) is 77.2 Å². The van der Waals surface area contributed by atoms with Crippen molar-refractivity contribution in [1.82, 2.24) is 9.47 Å². The number of hydrogen-bond donors (Lipinski definition) is 1. The molecule has 288 valence electrons. The second-order valence-electron chi connectivity index (χ2n) is 13.6. The molecule has 3 aromatic carbocycles. The molecule has 7 rings (SSSR count). The fourth-order valence-corrected chi connectivity index (χ4v) is 8.12.